The van der Waals surface area contributed by atoms with E-state index in [9.17, 15) is 4.79 Å². The molecule has 0 unspecified atom stereocenters. The van der Waals surface area contributed by atoms with Gasteiger partial charge >= 0.3 is 0 Å². The van der Waals surface area contributed by atoms with Crippen LogP contribution in [0.4, 0.5) is 0 Å². The van der Waals surface area contributed by atoms with Gasteiger partial charge in [0.2, 0.25) is 5.91 Å². The standard InChI is InChI=1S/C12H23NO/c1-9(2)12(4)7-5-11(6-8-12)13-10(3)14/h9,11H,5-8H2,1-4H3,(H,13,14)/t11-,12+. The highest BCUT2D eigenvalue weighted by molar-refractivity contribution is 5.73. The Balaban J connectivity index is 2.41. The van der Waals surface area contributed by atoms with Crippen molar-refractivity contribution in [2.75, 3.05) is 0 Å². The summed E-state index contributed by atoms with van der Waals surface area (Å²) in [6.07, 6.45) is 4.79. The van der Waals surface area contributed by atoms with Gasteiger partial charge in [0.1, 0.15) is 0 Å². The lowest BCUT2D eigenvalue weighted by molar-refractivity contribution is -0.120. The molecule has 1 rings (SSSR count). The first kappa shape index (κ1) is 11.5. The van der Waals surface area contributed by atoms with Gasteiger partial charge in [-0.1, -0.05) is 20.8 Å². The van der Waals surface area contributed by atoms with Crippen LogP contribution in [-0.2, 0) is 4.79 Å². The van der Waals surface area contributed by atoms with E-state index >= 15 is 0 Å². The summed E-state index contributed by atoms with van der Waals surface area (Å²) in [5.74, 6) is 0.865. The van der Waals surface area contributed by atoms with Gasteiger partial charge in [0.05, 0.1) is 0 Å². The lowest BCUT2D eigenvalue weighted by atomic mass is 9.67. The van der Waals surface area contributed by atoms with Crippen LogP contribution in [0.5, 0.6) is 0 Å². The van der Waals surface area contributed by atoms with Crippen molar-refractivity contribution in [1.29, 1.82) is 0 Å². The number of hydrogen-bond acceptors (Lipinski definition) is 1. The third-order valence-electron chi connectivity index (χ3n) is 3.93. The highest BCUT2D eigenvalue weighted by atomic mass is 16.1. The first-order chi connectivity index (χ1) is 6.44. The average Bonchev–Trinajstić information content (AvgIpc) is 2.08. The van der Waals surface area contributed by atoms with Gasteiger partial charge in [-0.05, 0) is 37.0 Å². The first-order valence-corrected chi connectivity index (χ1v) is 5.71. The van der Waals surface area contributed by atoms with Crippen molar-refractivity contribution in [2.45, 2.75) is 59.4 Å². The summed E-state index contributed by atoms with van der Waals surface area (Å²) < 4.78 is 0. The van der Waals surface area contributed by atoms with Gasteiger partial charge in [-0.25, -0.2) is 0 Å². The number of carbonyl (C=O) groups excluding carboxylic acids is 1. The Hall–Kier alpha value is -0.530. The molecule has 1 fully saturated rings. The average molecular weight is 197 g/mol. The first-order valence-electron chi connectivity index (χ1n) is 5.71. The van der Waals surface area contributed by atoms with E-state index in [-0.39, 0.29) is 5.91 Å². The van der Waals surface area contributed by atoms with E-state index in [1.165, 1.54) is 12.8 Å². The summed E-state index contributed by atoms with van der Waals surface area (Å²) in [4.78, 5) is 10.9. The van der Waals surface area contributed by atoms with E-state index in [1.54, 1.807) is 6.92 Å². The summed E-state index contributed by atoms with van der Waals surface area (Å²) in [5.41, 5.74) is 0.495. The van der Waals surface area contributed by atoms with Crippen LogP contribution in [0.1, 0.15) is 53.4 Å². The third kappa shape index (κ3) is 2.73. The molecule has 0 spiro atoms. The van der Waals surface area contributed by atoms with Crippen molar-refractivity contribution in [2.24, 2.45) is 11.3 Å². The number of hydrogen-bond donors (Lipinski definition) is 1. The zero-order chi connectivity index (χ0) is 10.8. The van der Waals surface area contributed by atoms with Crippen molar-refractivity contribution in [1.82, 2.24) is 5.32 Å². The highest BCUT2D eigenvalue weighted by Gasteiger charge is 2.33. The van der Waals surface area contributed by atoms with Gasteiger partial charge in [0.25, 0.3) is 0 Å². The van der Waals surface area contributed by atoms with Crippen molar-refractivity contribution >= 4 is 5.91 Å². The van der Waals surface area contributed by atoms with Crippen LogP contribution < -0.4 is 5.32 Å². The largest absolute Gasteiger partial charge is 0.354 e. The van der Waals surface area contributed by atoms with Crippen LogP contribution in [0.2, 0.25) is 0 Å². The Bertz CT molecular complexity index is 202. The second kappa shape index (κ2) is 4.33. The second-order valence-corrected chi connectivity index (χ2v) is 5.28. The molecule has 2 nitrogen and oxygen atoms in total. The molecule has 0 bridgehead atoms. The molecule has 0 aliphatic heterocycles. The Kier molecular flexibility index (Phi) is 3.57. The highest BCUT2D eigenvalue weighted by Crippen LogP contribution is 2.41. The lowest BCUT2D eigenvalue weighted by Gasteiger charge is -2.40. The molecular formula is C12H23NO. The normalized spacial score (nSPS) is 33.1. The van der Waals surface area contributed by atoms with Gasteiger partial charge in [0, 0.05) is 13.0 Å². The van der Waals surface area contributed by atoms with Crippen LogP contribution in [0.15, 0.2) is 0 Å². The molecule has 1 aliphatic rings. The van der Waals surface area contributed by atoms with Gasteiger partial charge < -0.3 is 5.32 Å². The van der Waals surface area contributed by atoms with Crippen molar-refractivity contribution in [3.63, 3.8) is 0 Å². The Labute approximate surface area is 87.5 Å². The molecule has 0 saturated heterocycles. The van der Waals surface area contributed by atoms with Crippen molar-refractivity contribution in [3.05, 3.63) is 0 Å². The van der Waals surface area contributed by atoms with E-state index in [0.29, 0.717) is 11.5 Å². The summed E-state index contributed by atoms with van der Waals surface area (Å²) in [7, 11) is 0. The fraction of sp³-hybridized carbons (Fsp3) is 0.917. The molecule has 1 aliphatic carbocycles. The van der Waals surface area contributed by atoms with Crippen LogP contribution in [0, 0.1) is 11.3 Å². The number of amides is 1. The topological polar surface area (TPSA) is 29.1 Å². The molecule has 82 valence electrons. The molecule has 0 heterocycles. The molecule has 1 amide bonds. The number of nitrogens with one attached hydrogen (secondary N) is 1. The van der Waals surface area contributed by atoms with E-state index in [4.69, 9.17) is 0 Å². The Morgan fingerprint density at radius 3 is 2.21 bits per heavy atom. The van der Waals surface area contributed by atoms with E-state index in [2.05, 4.69) is 26.1 Å². The lowest BCUT2D eigenvalue weighted by Crippen LogP contribution is -2.40. The van der Waals surface area contributed by atoms with Crippen LogP contribution >= 0.6 is 0 Å². The minimum atomic E-state index is 0.114. The molecule has 0 aromatic heterocycles. The smallest absolute Gasteiger partial charge is 0.217 e. The van der Waals surface area contributed by atoms with E-state index in [0.717, 1.165) is 18.8 Å². The van der Waals surface area contributed by atoms with Crippen molar-refractivity contribution < 1.29 is 4.79 Å². The number of rotatable bonds is 2. The fourth-order valence-electron chi connectivity index (χ4n) is 2.29. The summed E-state index contributed by atoms with van der Waals surface area (Å²) in [6.45, 7) is 8.59. The maximum Gasteiger partial charge on any atom is 0.217 e. The molecule has 0 atom stereocenters. The molecule has 14 heavy (non-hydrogen) atoms. The van der Waals surface area contributed by atoms with Crippen LogP contribution in [0.3, 0.4) is 0 Å². The predicted molar refractivity (Wildman–Crippen MR) is 59.0 cm³/mol. The Morgan fingerprint density at radius 2 is 1.86 bits per heavy atom. The zero-order valence-electron chi connectivity index (χ0n) is 9.89. The summed E-state index contributed by atoms with van der Waals surface area (Å²) in [5, 5.41) is 3.02. The van der Waals surface area contributed by atoms with Gasteiger partial charge in [0.15, 0.2) is 0 Å². The van der Waals surface area contributed by atoms with Gasteiger partial charge in [-0.3, -0.25) is 4.79 Å². The fourth-order valence-corrected chi connectivity index (χ4v) is 2.29. The quantitative estimate of drug-likeness (QED) is 0.724. The molecule has 1 N–H and O–H groups in total. The third-order valence-corrected chi connectivity index (χ3v) is 3.93. The predicted octanol–water partition coefficient (Wildman–Crippen LogP) is 2.73. The van der Waals surface area contributed by atoms with Crippen molar-refractivity contribution in [3.8, 4) is 0 Å². The monoisotopic (exact) mass is 197 g/mol. The van der Waals surface area contributed by atoms with Gasteiger partial charge in [-0.15, -0.1) is 0 Å². The molecular weight excluding hydrogens is 174 g/mol. The molecule has 0 radical (unpaired) electrons. The van der Waals surface area contributed by atoms with Gasteiger partial charge in [-0.2, -0.15) is 0 Å². The summed E-state index contributed by atoms with van der Waals surface area (Å²) >= 11 is 0. The maximum absolute atomic E-state index is 10.9. The van der Waals surface area contributed by atoms with E-state index in [1.807, 2.05) is 0 Å². The van der Waals surface area contributed by atoms with Crippen LogP contribution in [0.25, 0.3) is 0 Å². The molecule has 2 heteroatoms. The molecule has 1 saturated carbocycles. The maximum atomic E-state index is 10.9. The number of carbonyl (C=O) groups is 1. The van der Waals surface area contributed by atoms with E-state index < -0.39 is 0 Å². The SMILES string of the molecule is CC(=O)N[C@H]1CC[C@@](C)(C(C)C)CC1. The molecule has 0 aromatic carbocycles. The minimum absolute atomic E-state index is 0.114. The van der Waals surface area contributed by atoms with Crippen LogP contribution in [-0.4, -0.2) is 11.9 Å². The zero-order valence-corrected chi connectivity index (χ0v) is 9.89. The summed E-state index contributed by atoms with van der Waals surface area (Å²) in [6, 6.07) is 0.430. The molecule has 0 aromatic rings. The minimum Gasteiger partial charge on any atom is -0.354 e. The Morgan fingerprint density at radius 1 is 1.36 bits per heavy atom. The second-order valence-electron chi connectivity index (χ2n) is 5.28.